The van der Waals surface area contributed by atoms with Gasteiger partial charge in [-0.1, -0.05) is 49.1 Å². The molecule has 2 heterocycles. The topological polar surface area (TPSA) is 61.4 Å². The Hall–Kier alpha value is -1.80. The van der Waals surface area contributed by atoms with Gasteiger partial charge in [-0.05, 0) is 30.5 Å². The maximum Gasteiger partial charge on any atom is 0.233 e. The molecule has 1 aliphatic rings. The van der Waals surface area contributed by atoms with Crippen molar-refractivity contribution in [2.45, 2.75) is 25.1 Å². The fourth-order valence-electron chi connectivity index (χ4n) is 2.88. The second kappa shape index (κ2) is 9.41. The van der Waals surface area contributed by atoms with Crippen LogP contribution in [0.25, 0.3) is 0 Å². The minimum Gasteiger partial charge on any atom is -0.368 e. The van der Waals surface area contributed by atoms with Crippen LogP contribution < -0.4 is 10.2 Å². The van der Waals surface area contributed by atoms with E-state index in [4.69, 9.17) is 0 Å². The highest BCUT2D eigenvalue weighted by molar-refractivity contribution is 8.01. The summed E-state index contributed by atoms with van der Waals surface area (Å²) in [5.41, 5.74) is 2.51. The number of rotatable bonds is 7. The molecular formula is C19H27N5OS2. The Balaban J connectivity index is 1.43. The van der Waals surface area contributed by atoms with Crippen molar-refractivity contribution in [2.75, 3.05) is 48.7 Å². The SMILES string of the molecule is Cc1cccc(N2CCN(C(=O)CSc3nnc(NCC(C)C)s3)CC2)c1. The van der Waals surface area contributed by atoms with Crippen LogP contribution in [0, 0.1) is 12.8 Å². The molecule has 1 amide bonds. The number of thioether (sulfide) groups is 1. The zero-order valence-corrected chi connectivity index (χ0v) is 17.8. The van der Waals surface area contributed by atoms with Crippen LogP contribution in [0.5, 0.6) is 0 Å². The number of hydrogen-bond donors (Lipinski definition) is 1. The minimum atomic E-state index is 0.177. The molecule has 1 saturated heterocycles. The fourth-order valence-corrected chi connectivity index (χ4v) is 4.55. The van der Waals surface area contributed by atoms with Gasteiger partial charge in [0.1, 0.15) is 0 Å². The molecule has 1 N–H and O–H groups in total. The van der Waals surface area contributed by atoms with Gasteiger partial charge in [-0.3, -0.25) is 4.79 Å². The zero-order valence-electron chi connectivity index (χ0n) is 16.1. The number of aryl methyl sites for hydroxylation is 1. The summed E-state index contributed by atoms with van der Waals surface area (Å²) < 4.78 is 0.841. The highest BCUT2D eigenvalue weighted by atomic mass is 32.2. The van der Waals surface area contributed by atoms with E-state index in [9.17, 15) is 4.79 Å². The van der Waals surface area contributed by atoms with E-state index in [0.29, 0.717) is 11.7 Å². The lowest BCUT2D eigenvalue weighted by molar-refractivity contribution is -0.128. The van der Waals surface area contributed by atoms with Gasteiger partial charge < -0.3 is 15.1 Å². The van der Waals surface area contributed by atoms with Crippen LogP contribution in [0.1, 0.15) is 19.4 Å². The van der Waals surface area contributed by atoms with Crippen LogP contribution >= 0.6 is 23.1 Å². The van der Waals surface area contributed by atoms with E-state index in [1.807, 2.05) is 4.90 Å². The second-order valence-corrected chi connectivity index (χ2v) is 9.34. The average Bonchev–Trinajstić information content (AvgIpc) is 3.12. The number of carbonyl (C=O) groups excluding carboxylic acids is 1. The monoisotopic (exact) mass is 405 g/mol. The quantitative estimate of drug-likeness (QED) is 0.713. The third kappa shape index (κ3) is 5.84. The zero-order chi connectivity index (χ0) is 19.2. The Morgan fingerprint density at radius 1 is 1.26 bits per heavy atom. The summed E-state index contributed by atoms with van der Waals surface area (Å²) in [5, 5.41) is 12.4. The third-order valence-corrected chi connectivity index (χ3v) is 6.39. The Morgan fingerprint density at radius 3 is 2.74 bits per heavy atom. The molecule has 0 aliphatic carbocycles. The molecule has 1 aromatic heterocycles. The number of aromatic nitrogens is 2. The van der Waals surface area contributed by atoms with Gasteiger partial charge in [0.05, 0.1) is 5.75 Å². The second-order valence-electron chi connectivity index (χ2n) is 7.14. The fraction of sp³-hybridized carbons (Fsp3) is 0.526. The molecule has 0 saturated carbocycles. The first kappa shape index (κ1) is 19.9. The number of amides is 1. The van der Waals surface area contributed by atoms with Crippen LogP contribution in [0.3, 0.4) is 0 Å². The van der Waals surface area contributed by atoms with Crippen molar-refractivity contribution < 1.29 is 4.79 Å². The predicted octanol–water partition coefficient (Wildman–Crippen LogP) is 3.36. The van der Waals surface area contributed by atoms with Crippen LogP contribution in [-0.2, 0) is 4.79 Å². The molecular weight excluding hydrogens is 378 g/mol. The highest BCUT2D eigenvalue weighted by Gasteiger charge is 2.21. The molecule has 6 nitrogen and oxygen atoms in total. The Bertz CT molecular complexity index is 756. The van der Waals surface area contributed by atoms with Crippen LogP contribution in [0.4, 0.5) is 10.8 Å². The van der Waals surface area contributed by atoms with Gasteiger partial charge >= 0.3 is 0 Å². The van der Waals surface area contributed by atoms with Gasteiger partial charge in [-0.15, -0.1) is 10.2 Å². The molecule has 1 aromatic carbocycles. The van der Waals surface area contributed by atoms with Crippen molar-refractivity contribution in [1.82, 2.24) is 15.1 Å². The molecule has 27 heavy (non-hydrogen) atoms. The summed E-state index contributed by atoms with van der Waals surface area (Å²) in [6.45, 7) is 10.6. The Kier molecular flexibility index (Phi) is 6.95. The first-order valence-corrected chi connectivity index (χ1v) is 11.1. The number of anilines is 2. The molecule has 0 radical (unpaired) electrons. The maximum atomic E-state index is 12.5. The molecule has 146 valence electrons. The standard InChI is InChI=1S/C19H27N5OS2/c1-14(2)12-20-18-21-22-19(27-18)26-13-17(25)24-9-7-23(8-10-24)16-6-4-5-15(3)11-16/h4-6,11,14H,7-10,12-13H2,1-3H3,(H,20,21). The van der Waals surface area contributed by atoms with Crippen LogP contribution in [0.2, 0.25) is 0 Å². The van der Waals surface area contributed by atoms with Crippen molar-refractivity contribution in [3.05, 3.63) is 29.8 Å². The molecule has 0 spiro atoms. The third-order valence-electron chi connectivity index (χ3n) is 4.39. The van der Waals surface area contributed by atoms with Crippen LogP contribution in [-0.4, -0.2) is 59.5 Å². The van der Waals surface area contributed by atoms with Crippen molar-refractivity contribution >= 4 is 39.8 Å². The lowest BCUT2D eigenvalue weighted by Crippen LogP contribution is -2.49. The van der Waals surface area contributed by atoms with Crippen molar-refractivity contribution in [1.29, 1.82) is 0 Å². The molecule has 0 atom stereocenters. The number of benzene rings is 1. The lowest BCUT2D eigenvalue weighted by atomic mass is 10.2. The summed E-state index contributed by atoms with van der Waals surface area (Å²) in [7, 11) is 0. The van der Waals surface area contributed by atoms with Gasteiger partial charge in [-0.2, -0.15) is 0 Å². The minimum absolute atomic E-state index is 0.177. The summed E-state index contributed by atoms with van der Waals surface area (Å²) in [5.74, 6) is 1.16. The normalized spacial score (nSPS) is 14.7. The van der Waals surface area contributed by atoms with Gasteiger partial charge in [0, 0.05) is 38.4 Å². The number of nitrogens with one attached hydrogen (secondary N) is 1. The van der Waals surface area contributed by atoms with E-state index in [1.165, 1.54) is 34.3 Å². The van der Waals surface area contributed by atoms with Crippen molar-refractivity contribution in [3.8, 4) is 0 Å². The van der Waals surface area contributed by atoms with Gasteiger partial charge in [-0.25, -0.2) is 0 Å². The van der Waals surface area contributed by atoms with Crippen molar-refractivity contribution in [2.24, 2.45) is 5.92 Å². The molecule has 0 bridgehead atoms. The first-order chi connectivity index (χ1) is 13.0. The van der Waals surface area contributed by atoms with E-state index in [0.717, 1.165) is 42.2 Å². The molecule has 0 unspecified atom stereocenters. The van der Waals surface area contributed by atoms with Gasteiger partial charge in [0.2, 0.25) is 11.0 Å². The number of nitrogens with zero attached hydrogens (tertiary/aromatic N) is 4. The molecule has 1 fully saturated rings. The maximum absolute atomic E-state index is 12.5. The Morgan fingerprint density at radius 2 is 2.04 bits per heavy atom. The highest BCUT2D eigenvalue weighted by Crippen LogP contribution is 2.26. The summed E-state index contributed by atoms with van der Waals surface area (Å²) in [4.78, 5) is 16.8. The molecule has 8 heteroatoms. The average molecular weight is 406 g/mol. The lowest BCUT2D eigenvalue weighted by Gasteiger charge is -2.36. The Labute approximate surface area is 169 Å². The summed E-state index contributed by atoms with van der Waals surface area (Å²) in [6, 6.07) is 8.54. The van der Waals surface area contributed by atoms with Gasteiger partial charge in [0.15, 0.2) is 4.34 Å². The van der Waals surface area contributed by atoms with E-state index in [-0.39, 0.29) is 5.91 Å². The number of carbonyl (C=O) groups is 1. The smallest absolute Gasteiger partial charge is 0.233 e. The summed E-state index contributed by atoms with van der Waals surface area (Å²) >= 11 is 2.99. The number of hydrogen-bond acceptors (Lipinski definition) is 7. The van der Waals surface area contributed by atoms with Gasteiger partial charge in [0.25, 0.3) is 0 Å². The first-order valence-electron chi connectivity index (χ1n) is 9.31. The molecule has 2 aromatic rings. The van der Waals surface area contributed by atoms with E-state index in [1.54, 1.807) is 0 Å². The largest absolute Gasteiger partial charge is 0.368 e. The predicted molar refractivity (Wildman–Crippen MR) is 114 cm³/mol. The van der Waals surface area contributed by atoms with E-state index >= 15 is 0 Å². The number of piperazine rings is 1. The summed E-state index contributed by atoms with van der Waals surface area (Å²) in [6.07, 6.45) is 0. The van der Waals surface area contributed by atoms with E-state index in [2.05, 4.69) is 65.5 Å². The molecule has 1 aliphatic heterocycles. The molecule has 3 rings (SSSR count). The van der Waals surface area contributed by atoms with Crippen LogP contribution in [0.15, 0.2) is 28.6 Å². The van der Waals surface area contributed by atoms with Crippen molar-refractivity contribution in [3.63, 3.8) is 0 Å². The van der Waals surface area contributed by atoms with E-state index < -0.39 is 0 Å².